The van der Waals surface area contributed by atoms with Gasteiger partial charge in [-0.2, -0.15) is 0 Å². The van der Waals surface area contributed by atoms with Gasteiger partial charge in [-0.15, -0.1) is 0 Å². The van der Waals surface area contributed by atoms with Gasteiger partial charge in [0.15, 0.2) is 10.4 Å². The normalized spacial score (nSPS) is 11.8. The monoisotopic (exact) mass is 408 g/mol. The molecule has 0 saturated heterocycles. The Labute approximate surface area is 155 Å². The second-order valence-electron chi connectivity index (χ2n) is 5.41. The van der Waals surface area contributed by atoms with E-state index in [-0.39, 0.29) is 24.3 Å². The molecule has 25 heavy (non-hydrogen) atoms. The highest BCUT2D eigenvalue weighted by Crippen LogP contribution is 2.15. The molecular weight excluding hydrogens is 388 g/mol. The average molecular weight is 409 g/mol. The van der Waals surface area contributed by atoms with Crippen LogP contribution in [-0.2, 0) is 9.53 Å². The van der Waals surface area contributed by atoms with Gasteiger partial charge in [0, 0.05) is 13.2 Å². The van der Waals surface area contributed by atoms with Crippen LogP contribution in [0, 0.1) is 0 Å². The number of hydrogen-bond acceptors (Lipinski definition) is 4. The highest BCUT2D eigenvalue weighted by molar-refractivity contribution is 9.10. The maximum Gasteiger partial charge on any atom is 0.287 e. The van der Waals surface area contributed by atoms with Gasteiger partial charge >= 0.3 is 0 Å². The van der Waals surface area contributed by atoms with Crippen LogP contribution in [0.15, 0.2) is 51.6 Å². The summed E-state index contributed by atoms with van der Waals surface area (Å²) in [5, 5.41) is 5.23. The second-order valence-corrected chi connectivity index (χ2v) is 6.20. The lowest BCUT2D eigenvalue weighted by Gasteiger charge is -2.13. The van der Waals surface area contributed by atoms with Crippen LogP contribution >= 0.6 is 15.9 Å². The summed E-state index contributed by atoms with van der Waals surface area (Å²) in [6, 6.07) is 13.1. The van der Waals surface area contributed by atoms with E-state index in [9.17, 15) is 9.59 Å². The maximum absolute atomic E-state index is 11.7. The first-order valence-electron chi connectivity index (χ1n) is 8.03. The zero-order valence-electron chi connectivity index (χ0n) is 14.0. The highest BCUT2D eigenvalue weighted by atomic mass is 79.9. The molecule has 0 bridgehead atoms. The van der Waals surface area contributed by atoms with Crippen molar-refractivity contribution in [1.82, 2.24) is 10.6 Å². The van der Waals surface area contributed by atoms with Crippen LogP contribution in [0.25, 0.3) is 0 Å². The van der Waals surface area contributed by atoms with Crippen LogP contribution < -0.4 is 10.6 Å². The van der Waals surface area contributed by atoms with Crippen molar-refractivity contribution in [1.29, 1.82) is 0 Å². The van der Waals surface area contributed by atoms with Crippen LogP contribution in [0.4, 0.5) is 0 Å². The average Bonchev–Trinajstić information content (AvgIpc) is 3.06. The number of carbonyl (C=O) groups excluding carboxylic acids is 2. The van der Waals surface area contributed by atoms with E-state index in [4.69, 9.17) is 9.15 Å². The SMILES string of the molecule is CC(OCCCNC(=O)CNC(=O)c1ccc(Br)o1)c1ccccc1. The van der Waals surface area contributed by atoms with Gasteiger partial charge in [0.1, 0.15) is 0 Å². The number of halogens is 1. The molecular formula is C18H21BrN2O4. The molecule has 1 aromatic carbocycles. The highest BCUT2D eigenvalue weighted by Gasteiger charge is 2.11. The van der Waals surface area contributed by atoms with Crippen molar-refractivity contribution in [2.75, 3.05) is 19.7 Å². The largest absolute Gasteiger partial charge is 0.444 e. The van der Waals surface area contributed by atoms with Gasteiger partial charge in [-0.05, 0) is 47.0 Å². The Bertz CT molecular complexity index is 687. The molecule has 0 fully saturated rings. The van der Waals surface area contributed by atoms with Crippen LogP contribution in [0.5, 0.6) is 0 Å². The van der Waals surface area contributed by atoms with Crippen molar-refractivity contribution in [3.8, 4) is 0 Å². The number of carbonyl (C=O) groups is 2. The minimum atomic E-state index is -0.430. The minimum Gasteiger partial charge on any atom is -0.444 e. The van der Waals surface area contributed by atoms with E-state index in [1.165, 1.54) is 6.07 Å². The Morgan fingerprint density at radius 3 is 2.60 bits per heavy atom. The van der Waals surface area contributed by atoms with E-state index in [2.05, 4.69) is 26.6 Å². The molecule has 2 rings (SSSR count). The lowest BCUT2D eigenvalue weighted by Crippen LogP contribution is -2.37. The van der Waals surface area contributed by atoms with Crippen molar-refractivity contribution >= 4 is 27.7 Å². The summed E-state index contributed by atoms with van der Waals surface area (Å²) in [6.07, 6.45) is 0.714. The molecule has 7 heteroatoms. The topological polar surface area (TPSA) is 80.6 Å². The molecule has 134 valence electrons. The van der Waals surface area contributed by atoms with Gasteiger partial charge in [-0.1, -0.05) is 30.3 Å². The standard InChI is InChI=1S/C18H21BrN2O4/c1-13(14-6-3-2-4-7-14)24-11-5-10-20-17(22)12-21-18(23)15-8-9-16(19)25-15/h2-4,6-9,13H,5,10-12H2,1H3,(H,20,22)(H,21,23). The molecule has 1 heterocycles. The summed E-state index contributed by atoms with van der Waals surface area (Å²) in [5.74, 6) is -0.529. The lowest BCUT2D eigenvalue weighted by molar-refractivity contribution is -0.120. The summed E-state index contributed by atoms with van der Waals surface area (Å²) < 4.78 is 11.3. The number of hydrogen-bond donors (Lipinski definition) is 2. The van der Waals surface area contributed by atoms with E-state index in [1.807, 2.05) is 37.3 Å². The van der Waals surface area contributed by atoms with Crippen molar-refractivity contribution < 1.29 is 18.7 Å². The van der Waals surface area contributed by atoms with Gasteiger partial charge in [-0.3, -0.25) is 9.59 Å². The minimum absolute atomic E-state index is 0.0174. The molecule has 0 aliphatic heterocycles. The molecule has 0 saturated carbocycles. The van der Waals surface area contributed by atoms with E-state index < -0.39 is 5.91 Å². The lowest BCUT2D eigenvalue weighted by atomic mass is 10.1. The number of amides is 2. The third-order valence-corrected chi connectivity index (χ3v) is 3.91. The van der Waals surface area contributed by atoms with Crippen LogP contribution in [0.3, 0.4) is 0 Å². The first kappa shape index (κ1) is 19.2. The first-order valence-corrected chi connectivity index (χ1v) is 8.82. The second kappa shape index (κ2) is 10.0. The fourth-order valence-corrected chi connectivity index (χ4v) is 2.43. The Morgan fingerprint density at radius 1 is 1.16 bits per heavy atom. The fraction of sp³-hybridized carbons (Fsp3) is 0.333. The van der Waals surface area contributed by atoms with Crippen molar-refractivity contribution in [2.24, 2.45) is 0 Å². The van der Waals surface area contributed by atoms with Gasteiger partial charge in [0.2, 0.25) is 5.91 Å². The maximum atomic E-state index is 11.7. The molecule has 1 unspecified atom stereocenters. The first-order chi connectivity index (χ1) is 12.1. The van der Waals surface area contributed by atoms with Crippen molar-refractivity contribution in [3.63, 3.8) is 0 Å². The summed E-state index contributed by atoms with van der Waals surface area (Å²) in [7, 11) is 0. The molecule has 0 spiro atoms. The van der Waals surface area contributed by atoms with Gasteiger partial charge in [-0.25, -0.2) is 0 Å². The van der Waals surface area contributed by atoms with Gasteiger partial charge in [0.25, 0.3) is 5.91 Å². The zero-order chi connectivity index (χ0) is 18.1. The molecule has 2 amide bonds. The molecule has 0 radical (unpaired) electrons. The summed E-state index contributed by atoms with van der Waals surface area (Å²) >= 11 is 3.12. The number of benzene rings is 1. The molecule has 2 N–H and O–H groups in total. The third kappa shape index (κ3) is 6.72. The molecule has 1 aromatic heterocycles. The number of furan rings is 1. The molecule has 1 atom stereocenters. The third-order valence-electron chi connectivity index (χ3n) is 3.49. The van der Waals surface area contributed by atoms with Crippen molar-refractivity contribution in [3.05, 3.63) is 58.5 Å². The van der Waals surface area contributed by atoms with E-state index in [1.54, 1.807) is 6.07 Å². The van der Waals surface area contributed by atoms with Crippen LogP contribution in [0.1, 0.15) is 35.6 Å². The number of nitrogens with one attached hydrogen (secondary N) is 2. The van der Waals surface area contributed by atoms with Crippen LogP contribution in [-0.4, -0.2) is 31.5 Å². The molecule has 2 aromatic rings. The van der Waals surface area contributed by atoms with Gasteiger partial charge in [0.05, 0.1) is 12.6 Å². The number of rotatable bonds is 9. The quantitative estimate of drug-likeness (QED) is 0.624. The Kier molecular flexibility index (Phi) is 7.69. The fourth-order valence-electron chi connectivity index (χ4n) is 2.13. The predicted molar refractivity (Wildman–Crippen MR) is 97.2 cm³/mol. The number of ether oxygens (including phenoxy) is 1. The summed E-state index contributed by atoms with van der Waals surface area (Å²) in [5.41, 5.74) is 1.12. The van der Waals surface area contributed by atoms with E-state index in [0.717, 1.165) is 5.56 Å². The summed E-state index contributed by atoms with van der Waals surface area (Å²) in [6.45, 7) is 2.93. The molecule has 0 aliphatic rings. The smallest absolute Gasteiger partial charge is 0.287 e. The van der Waals surface area contributed by atoms with Crippen molar-refractivity contribution in [2.45, 2.75) is 19.4 Å². The Balaban J connectivity index is 1.56. The van der Waals surface area contributed by atoms with Crippen LogP contribution in [0.2, 0.25) is 0 Å². The molecule has 6 nitrogen and oxygen atoms in total. The molecule has 0 aliphatic carbocycles. The van der Waals surface area contributed by atoms with E-state index in [0.29, 0.717) is 24.2 Å². The Hall–Kier alpha value is -2.12. The summed E-state index contributed by atoms with van der Waals surface area (Å²) in [4.78, 5) is 23.4. The van der Waals surface area contributed by atoms with E-state index >= 15 is 0 Å². The van der Waals surface area contributed by atoms with Gasteiger partial charge < -0.3 is 19.8 Å². The predicted octanol–water partition coefficient (Wildman–Crippen LogP) is 3.06. The zero-order valence-corrected chi connectivity index (χ0v) is 15.5. The Morgan fingerprint density at radius 2 is 1.92 bits per heavy atom.